The first-order valence-corrected chi connectivity index (χ1v) is 6.01. The van der Waals surface area contributed by atoms with Gasteiger partial charge in [-0.2, -0.15) is 5.10 Å². The second-order valence-corrected chi connectivity index (χ2v) is 4.62. The highest BCUT2D eigenvalue weighted by Crippen LogP contribution is 2.23. The quantitative estimate of drug-likeness (QED) is 0.694. The molecule has 1 unspecified atom stereocenters. The van der Waals surface area contributed by atoms with Gasteiger partial charge in [-0.05, 0) is 12.1 Å². The van der Waals surface area contributed by atoms with Crippen LogP contribution in [0, 0.1) is 5.92 Å². The summed E-state index contributed by atoms with van der Waals surface area (Å²) in [7, 11) is 0. The Bertz CT molecular complexity index is 566. The van der Waals surface area contributed by atoms with Crippen molar-refractivity contribution in [2.75, 3.05) is 11.1 Å². The smallest absolute Gasteiger partial charge is 0.240 e. The molecule has 2 rings (SSSR count). The van der Waals surface area contributed by atoms with Crippen molar-refractivity contribution in [1.29, 1.82) is 0 Å². The minimum Gasteiger partial charge on any atom is -0.397 e. The van der Waals surface area contributed by atoms with E-state index in [0.717, 1.165) is 11.3 Å². The summed E-state index contributed by atoms with van der Waals surface area (Å²) in [5, 5.41) is 6.72. The Morgan fingerprint density at radius 3 is 2.84 bits per heavy atom. The zero-order valence-corrected chi connectivity index (χ0v) is 10.9. The number of benzene rings is 1. The SMILES string of the molecule is CC(=O)Nc1ccc(C2=NNC(=O)CC2C)cc1N. The van der Waals surface area contributed by atoms with Crippen LogP contribution in [0.5, 0.6) is 0 Å². The topological polar surface area (TPSA) is 96.6 Å². The van der Waals surface area contributed by atoms with E-state index in [-0.39, 0.29) is 17.7 Å². The number of carbonyl (C=O) groups is 2. The molecule has 100 valence electrons. The van der Waals surface area contributed by atoms with Crippen LogP contribution in [0.4, 0.5) is 11.4 Å². The first kappa shape index (κ1) is 13.1. The molecule has 0 fully saturated rings. The second kappa shape index (κ2) is 5.09. The first-order valence-electron chi connectivity index (χ1n) is 6.01. The Hall–Kier alpha value is -2.37. The average molecular weight is 260 g/mol. The van der Waals surface area contributed by atoms with Gasteiger partial charge in [0.05, 0.1) is 17.1 Å². The van der Waals surface area contributed by atoms with Crippen LogP contribution in [-0.2, 0) is 9.59 Å². The summed E-state index contributed by atoms with van der Waals surface area (Å²) in [6, 6.07) is 5.31. The van der Waals surface area contributed by atoms with E-state index in [9.17, 15) is 9.59 Å². The number of amides is 2. The van der Waals surface area contributed by atoms with Gasteiger partial charge in [0, 0.05) is 24.8 Å². The van der Waals surface area contributed by atoms with E-state index in [1.165, 1.54) is 6.92 Å². The largest absolute Gasteiger partial charge is 0.397 e. The van der Waals surface area contributed by atoms with Crippen molar-refractivity contribution in [3.05, 3.63) is 23.8 Å². The summed E-state index contributed by atoms with van der Waals surface area (Å²) in [6.45, 7) is 3.37. The molecule has 6 nitrogen and oxygen atoms in total. The third-order valence-electron chi connectivity index (χ3n) is 2.92. The van der Waals surface area contributed by atoms with Crippen molar-refractivity contribution in [3.63, 3.8) is 0 Å². The number of nitrogens with zero attached hydrogens (tertiary/aromatic N) is 1. The number of anilines is 2. The predicted molar refractivity (Wildman–Crippen MR) is 73.6 cm³/mol. The molecule has 1 heterocycles. The summed E-state index contributed by atoms with van der Waals surface area (Å²) < 4.78 is 0. The zero-order valence-electron chi connectivity index (χ0n) is 10.9. The first-order chi connectivity index (χ1) is 8.97. The van der Waals surface area contributed by atoms with E-state index in [1.54, 1.807) is 12.1 Å². The van der Waals surface area contributed by atoms with Gasteiger partial charge in [-0.1, -0.05) is 13.0 Å². The average Bonchev–Trinajstić information content (AvgIpc) is 2.31. The number of hydrazone groups is 1. The fourth-order valence-electron chi connectivity index (χ4n) is 2.03. The molecule has 0 bridgehead atoms. The maximum absolute atomic E-state index is 11.2. The van der Waals surface area contributed by atoms with Crippen LogP contribution < -0.4 is 16.5 Å². The van der Waals surface area contributed by atoms with Crippen LogP contribution >= 0.6 is 0 Å². The molecule has 4 N–H and O–H groups in total. The Balaban J connectivity index is 2.29. The summed E-state index contributed by atoms with van der Waals surface area (Å²) in [5.41, 5.74) is 11.0. The number of hydrogen-bond donors (Lipinski definition) is 3. The molecular weight excluding hydrogens is 244 g/mol. The summed E-state index contributed by atoms with van der Waals surface area (Å²) >= 11 is 0. The van der Waals surface area contributed by atoms with E-state index in [4.69, 9.17) is 5.73 Å². The molecule has 0 aliphatic carbocycles. The fourth-order valence-corrected chi connectivity index (χ4v) is 2.03. The van der Waals surface area contributed by atoms with Crippen LogP contribution in [0.25, 0.3) is 0 Å². The monoisotopic (exact) mass is 260 g/mol. The normalized spacial score (nSPS) is 18.5. The molecular formula is C13H16N4O2. The second-order valence-electron chi connectivity index (χ2n) is 4.62. The number of rotatable bonds is 2. The van der Waals surface area contributed by atoms with Crippen molar-refractivity contribution >= 4 is 28.9 Å². The lowest BCUT2D eigenvalue weighted by molar-refractivity contribution is -0.122. The van der Waals surface area contributed by atoms with Gasteiger partial charge in [0.1, 0.15) is 0 Å². The molecule has 1 aliphatic rings. The number of nitrogens with two attached hydrogens (primary N) is 1. The fraction of sp³-hybridized carbons (Fsp3) is 0.308. The molecule has 1 aromatic rings. The Labute approximate surface area is 111 Å². The maximum Gasteiger partial charge on any atom is 0.240 e. The molecule has 1 aliphatic heterocycles. The number of nitrogen functional groups attached to an aromatic ring is 1. The molecule has 0 saturated carbocycles. The Morgan fingerprint density at radius 1 is 1.53 bits per heavy atom. The number of carbonyl (C=O) groups excluding carboxylic acids is 2. The highest BCUT2D eigenvalue weighted by molar-refractivity contribution is 6.07. The van der Waals surface area contributed by atoms with Gasteiger partial charge >= 0.3 is 0 Å². The lowest BCUT2D eigenvalue weighted by atomic mass is 9.93. The van der Waals surface area contributed by atoms with Crippen LogP contribution in [0.3, 0.4) is 0 Å². The van der Waals surface area contributed by atoms with Crippen molar-refractivity contribution < 1.29 is 9.59 Å². The molecule has 19 heavy (non-hydrogen) atoms. The molecule has 6 heteroatoms. The van der Waals surface area contributed by atoms with Crippen molar-refractivity contribution in [1.82, 2.24) is 5.43 Å². The predicted octanol–water partition coefficient (Wildman–Crippen LogP) is 1.09. The van der Waals surface area contributed by atoms with Crippen LogP contribution in [0.15, 0.2) is 23.3 Å². The van der Waals surface area contributed by atoms with E-state index >= 15 is 0 Å². The number of hydrogen-bond acceptors (Lipinski definition) is 4. The molecule has 1 atom stereocenters. The molecule has 0 saturated heterocycles. The van der Waals surface area contributed by atoms with E-state index in [2.05, 4.69) is 15.8 Å². The third-order valence-corrected chi connectivity index (χ3v) is 2.92. The minimum absolute atomic E-state index is 0.0415. The van der Waals surface area contributed by atoms with Gasteiger partial charge in [0.2, 0.25) is 11.8 Å². The Morgan fingerprint density at radius 2 is 2.26 bits per heavy atom. The summed E-state index contributed by atoms with van der Waals surface area (Å²) in [6.07, 6.45) is 0.409. The Kier molecular flexibility index (Phi) is 3.50. The van der Waals surface area contributed by atoms with Gasteiger partial charge in [0.25, 0.3) is 0 Å². The van der Waals surface area contributed by atoms with Gasteiger partial charge in [-0.25, -0.2) is 5.43 Å². The summed E-state index contributed by atoms with van der Waals surface area (Å²) in [4.78, 5) is 22.2. The van der Waals surface area contributed by atoms with Crippen molar-refractivity contribution in [3.8, 4) is 0 Å². The van der Waals surface area contributed by atoms with Crippen LogP contribution in [0.2, 0.25) is 0 Å². The molecule has 1 aromatic carbocycles. The van der Waals surface area contributed by atoms with Gasteiger partial charge in [-0.3, -0.25) is 9.59 Å². The van der Waals surface area contributed by atoms with E-state index < -0.39 is 0 Å². The van der Waals surface area contributed by atoms with E-state index in [1.807, 2.05) is 13.0 Å². The standard InChI is InChI=1S/C13H16N4O2/c1-7-5-12(19)16-17-13(7)9-3-4-11(10(14)6-9)15-8(2)18/h3-4,6-7H,5,14H2,1-2H3,(H,15,18)(H,16,19). The van der Waals surface area contributed by atoms with Gasteiger partial charge in [0.15, 0.2) is 0 Å². The molecule has 0 aromatic heterocycles. The van der Waals surface area contributed by atoms with E-state index in [0.29, 0.717) is 17.8 Å². The molecule has 2 amide bonds. The lowest BCUT2D eigenvalue weighted by Gasteiger charge is -2.19. The third kappa shape index (κ3) is 2.90. The lowest BCUT2D eigenvalue weighted by Crippen LogP contribution is -2.32. The summed E-state index contributed by atoms with van der Waals surface area (Å²) in [5.74, 6) is -0.214. The number of nitrogens with one attached hydrogen (secondary N) is 2. The highest BCUT2D eigenvalue weighted by Gasteiger charge is 2.21. The van der Waals surface area contributed by atoms with Crippen LogP contribution in [-0.4, -0.2) is 17.5 Å². The van der Waals surface area contributed by atoms with Crippen LogP contribution in [0.1, 0.15) is 25.8 Å². The van der Waals surface area contributed by atoms with Crippen molar-refractivity contribution in [2.24, 2.45) is 11.0 Å². The van der Waals surface area contributed by atoms with Gasteiger partial charge in [-0.15, -0.1) is 0 Å². The zero-order chi connectivity index (χ0) is 14.0. The molecule has 0 spiro atoms. The van der Waals surface area contributed by atoms with Crippen molar-refractivity contribution in [2.45, 2.75) is 20.3 Å². The highest BCUT2D eigenvalue weighted by atomic mass is 16.2. The maximum atomic E-state index is 11.2. The van der Waals surface area contributed by atoms with Gasteiger partial charge < -0.3 is 11.1 Å². The minimum atomic E-state index is -0.171. The molecule has 0 radical (unpaired) electrons.